The van der Waals surface area contributed by atoms with Gasteiger partial charge in [0, 0.05) is 5.88 Å². The van der Waals surface area contributed by atoms with Gasteiger partial charge in [-0.2, -0.15) is 0 Å². The average Bonchev–Trinajstić information content (AvgIpc) is 2.53. The Hall–Kier alpha value is -1.47. The summed E-state index contributed by atoms with van der Waals surface area (Å²) in [4.78, 5) is 0. The molecule has 0 saturated carbocycles. The SMILES string of the molecule is CCC(C)c1ccc(OCc2ccccc2CCl)cc1. The second kappa shape index (κ2) is 7.35. The number of ether oxygens (including phenoxy) is 1. The summed E-state index contributed by atoms with van der Waals surface area (Å²) in [5.74, 6) is 2.02. The summed E-state index contributed by atoms with van der Waals surface area (Å²) in [5.41, 5.74) is 3.64. The maximum Gasteiger partial charge on any atom is 0.119 e. The molecule has 2 aromatic carbocycles. The van der Waals surface area contributed by atoms with Crippen molar-refractivity contribution in [3.8, 4) is 5.75 Å². The van der Waals surface area contributed by atoms with Crippen molar-refractivity contribution in [3.05, 3.63) is 65.2 Å². The van der Waals surface area contributed by atoms with Gasteiger partial charge in [-0.05, 0) is 41.2 Å². The van der Waals surface area contributed by atoms with Crippen LogP contribution in [0.1, 0.15) is 42.9 Å². The molecule has 0 aliphatic heterocycles. The lowest BCUT2D eigenvalue weighted by atomic mass is 9.99. The zero-order valence-electron chi connectivity index (χ0n) is 12.1. The van der Waals surface area contributed by atoms with Crippen molar-refractivity contribution < 1.29 is 4.74 Å². The first-order valence-corrected chi connectivity index (χ1v) is 7.63. The van der Waals surface area contributed by atoms with Crippen molar-refractivity contribution in [1.29, 1.82) is 0 Å². The highest BCUT2D eigenvalue weighted by atomic mass is 35.5. The number of rotatable bonds is 6. The molecular formula is C18H21ClO. The van der Waals surface area contributed by atoms with Crippen molar-refractivity contribution in [2.75, 3.05) is 0 Å². The summed E-state index contributed by atoms with van der Waals surface area (Å²) in [5, 5.41) is 0. The van der Waals surface area contributed by atoms with Gasteiger partial charge in [-0.1, -0.05) is 50.2 Å². The predicted octanol–water partition coefficient (Wildman–Crippen LogP) is 5.52. The molecule has 0 aliphatic carbocycles. The van der Waals surface area contributed by atoms with Gasteiger partial charge >= 0.3 is 0 Å². The zero-order chi connectivity index (χ0) is 14.4. The van der Waals surface area contributed by atoms with E-state index < -0.39 is 0 Å². The van der Waals surface area contributed by atoms with Crippen LogP contribution >= 0.6 is 11.6 Å². The summed E-state index contributed by atoms with van der Waals surface area (Å²) >= 11 is 5.93. The van der Waals surface area contributed by atoms with E-state index in [9.17, 15) is 0 Å². The summed E-state index contributed by atoms with van der Waals surface area (Å²) in [6, 6.07) is 16.5. The molecule has 2 aromatic rings. The highest BCUT2D eigenvalue weighted by Crippen LogP contribution is 2.22. The lowest BCUT2D eigenvalue weighted by Gasteiger charge is -2.12. The van der Waals surface area contributed by atoms with E-state index in [2.05, 4.69) is 32.0 Å². The molecule has 0 saturated heterocycles. The minimum Gasteiger partial charge on any atom is -0.489 e. The fourth-order valence-electron chi connectivity index (χ4n) is 2.12. The molecule has 0 heterocycles. The van der Waals surface area contributed by atoms with Crippen LogP contribution in [-0.4, -0.2) is 0 Å². The minimum absolute atomic E-state index is 0.520. The molecule has 0 fully saturated rings. The summed E-state index contributed by atoms with van der Waals surface area (Å²) < 4.78 is 5.84. The molecule has 0 N–H and O–H groups in total. The fourth-order valence-corrected chi connectivity index (χ4v) is 2.38. The smallest absolute Gasteiger partial charge is 0.119 e. The van der Waals surface area contributed by atoms with E-state index >= 15 is 0 Å². The molecule has 2 rings (SSSR count). The van der Waals surface area contributed by atoms with Crippen LogP contribution in [0.15, 0.2) is 48.5 Å². The van der Waals surface area contributed by atoms with Crippen LogP contribution in [0.3, 0.4) is 0 Å². The Bertz CT molecular complexity index is 533. The van der Waals surface area contributed by atoms with Gasteiger partial charge in [0.2, 0.25) is 0 Å². The zero-order valence-corrected chi connectivity index (χ0v) is 12.9. The Kier molecular flexibility index (Phi) is 5.49. The van der Waals surface area contributed by atoms with Crippen LogP contribution in [0.2, 0.25) is 0 Å². The van der Waals surface area contributed by atoms with Gasteiger partial charge in [0.15, 0.2) is 0 Å². The third-order valence-corrected chi connectivity index (χ3v) is 4.01. The molecule has 0 spiro atoms. The molecule has 0 aliphatic rings. The van der Waals surface area contributed by atoms with Gasteiger partial charge in [0.25, 0.3) is 0 Å². The average molecular weight is 289 g/mol. The van der Waals surface area contributed by atoms with Crippen molar-refractivity contribution in [1.82, 2.24) is 0 Å². The molecule has 0 radical (unpaired) electrons. The molecule has 0 aromatic heterocycles. The van der Waals surface area contributed by atoms with Crippen molar-refractivity contribution in [3.63, 3.8) is 0 Å². The van der Waals surface area contributed by atoms with Crippen LogP contribution in [0.5, 0.6) is 5.75 Å². The van der Waals surface area contributed by atoms with Crippen LogP contribution in [0.4, 0.5) is 0 Å². The first-order valence-electron chi connectivity index (χ1n) is 7.10. The van der Waals surface area contributed by atoms with Gasteiger partial charge in [0.05, 0.1) is 0 Å². The Morgan fingerprint density at radius 3 is 2.25 bits per heavy atom. The monoisotopic (exact) mass is 288 g/mol. The van der Waals surface area contributed by atoms with Crippen LogP contribution in [0, 0.1) is 0 Å². The van der Waals surface area contributed by atoms with E-state index in [1.807, 2.05) is 30.3 Å². The Labute approximate surface area is 126 Å². The Morgan fingerprint density at radius 2 is 1.65 bits per heavy atom. The lowest BCUT2D eigenvalue weighted by molar-refractivity contribution is 0.305. The first kappa shape index (κ1) is 14.9. The predicted molar refractivity (Wildman–Crippen MR) is 85.5 cm³/mol. The number of alkyl halides is 1. The van der Waals surface area contributed by atoms with Gasteiger partial charge in [-0.15, -0.1) is 11.6 Å². The van der Waals surface area contributed by atoms with E-state index in [0.717, 1.165) is 23.3 Å². The molecule has 2 heteroatoms. The third kappa shape index (κ3) is 3.77. The largest absolute Gasteiger partial charge is 0.489 e. The van der Waals surface area contributed by atoms with Gasteiger partial charge in [-0.25, -0.2) is 0 Å². The van der Waals surface area contributed by atoms with E-state index in [-0.39, 0.29) is 0 Å². The molecule has 0 amide bonds. The summed E-state index contributed by atoms with van der Waals surface area (Å²) in [6.45, 7) is 5.01. The highest BCUT2D eigenvalue weighted by Gasteiger charge is 2.04. The molecule has 20 heavy (non-hydrogen) atoms. The molecule has 1 unspecified atom stereocenters. The molecule has 106 valence electrons. The summed E-state index contributed by atoms with van der Waals surface area (Å²) in [6.07, 6.45) is 1.16. The van der Waals surface area contributed by atoms with Gasteiger partial charge < -0.3 is 4.74 Å². The number of halogens is 1. The number of benzene rings is 2. The van der Waals surface area contributed by atoms with Gasteiger partial charge in [-0.3, -0.25) is 0 Å². The molecular weight excluding hydrogens is 268 g/mol. The van der Waals surface area contributed by atoms with Crippen molar-refractivity contribution >= 4 is 11.6 Å². The number of hydrogen-bond donors (Lipinski definition) is 0. The van der Waals surface area contributed by atoms with Crippen LogP contribution in [0.25, 0.3) is 0 Å². The Morgan fingerprint density at radius 1 is 1.00 bits per heavy atom. The van der Waals surface area contributed by atoms with E-state index in [0.29, 0.717) is 18.4 Å². The number of hydrogen-bond acceptors (Lipinski definition) is 1. The maximum absolute atomic E-state index is 5.93. The summed E-state index contributed by atoms with van der Waals surface area (Å²) in [7, 11) is 0. The quantitative estimate of drug-likeness (QED) is 0.636. The maximum atomic E-state index is 5.93. The van der Waals surface area contributed by atoms with E-state index in [1.165, 1.54) is 5.56 Å². The standard InChI is InChI=1S/C18H21ClO/c1-3-14(2)15-8-10-18(11-9-15)20-13-17-7-5-4-6-16(17)12-19/h4-11,14H,3,12-13H2,1-2H3. The van der Waals surface area contributed by atoms with Gasteiger partial charge in [0.1, 0.15) is 12.4 Å². The van der Waals surface area contributed by atoms with Crippen LogP contribution < -0.4 is 4.74 Å². The second-order valence-electron chi connectivity index (χ2n) is 5.07. The molecule has 0 bridgehead atoms. The minimum atomic E-state index is 0.520. The van der Waals surface area contributed by atoms with Crippen molar-refractivity contribution in [2.24, 2.45) is 0 Å². The van der Waals surface area contributed by atoms with E-state index in [1.54, 1.807) is 0 Å². The Balaban J connectivity index is 2.00. The van der Waals surface area contributed by atoms with E-state index in [4.69, 9.17) is 16.3 Å². The van der Waals surface area contributed by atoms with Crippen molar-refractivity contribution in [2.45, 2.75) is 38.7 Å². The molecule has 1 nitrogen and oxygen atoms in total. The molecule has 1 atom stereocenters. The first-order chi connectivity index (χ1) is 9.74. The second-order valence-corrected chi connectivity index (χ2v) is 5.34. The normalized spacial score (nSPS) is 12.2. The topological polar surface area (TPSA) is 9.23 Å². The third-order valence-electron chi connectivity index (χ3n) is 3.72. The highest BCUT2D eigenvalue weighted by molar-refractivity contribution is 6.17. The fraction of sp³-hybridized carbons (Fsp3) is 0.333. The van der Waals surface area contributed by atoms with Crippen LogP contribution in [-0.2, 0) is 12.5 Å². The lowest BCUT2D eigenvalue weighted by Crippen LogP contribution is -1.99.